The molecule has 0 spiro atoms. The summed E-state index contributed by atoms with van der Waals surface area (Å²) in [7, 11) is 0. The van der Waals surface area contributed by atoms with E-state index in [0.717, 1.165) is 25.5 Å². The smallest absolute Gasteiger partial charge is 0.191 e. The van der Waals surface area contributed by atoms with Crippen molar-refractivity contribution in [3.05, 3.63) is 16.1 Å². The van der Waals surface area contributed by atoms with E-state index in [1.54, 1.807) is 11.3 Å². The summed E-state index contributed by atoms with van der Waals surface area (Å²) in [5, 5.41) is 7.85. The molecular weight excluding hydrogens is 359 g/mol. The normalized spacial score (nSPS) is 15.1. The van der Waals surface area contributed by atoms with Crippen LogP contribution in [0.4, 0.5) is 0 Å². The average Bonchev–Trinajstić information content (AvgIpc) is 3.01. The quantitative estimate of drug-likeness (QED) is 0.468. The van der Waals surface area contributed by atoms with Crippen molar-refractivity contribution in [2.24, 2.45) is 4.99 Å². The van der Waals surface area contributed by atoms with E-state index < -0.39 is 0 Å². The van der Waals surface area contributed by atoms with Gasteiger partial charge in [-0.2, -0.15) is 0 Å². The average molecular weight is 380 g/mol. The van der Waals surface area contributed by atoms with Gasteiger partial charge in [-0.1, -0.05) is 0 Å². The van der Waals surface area contributed by atoms with Gasteiger partial charge >= 0.3 is 0 Å². The molecule has 1 heterocycles. The van der Waals surface area contributed by atoms with E-state index in [4.69, 9.17) is 0 Å². The molecule has 0 radical (unpaired) electrons. The van der Waals surface area contributed by atoms with Gasteiger partial charge in [0, 0.05) is 36.6 Å². The van der Waals surface area contributed by atoms with E-state index in [1.807, 2.05) is 6.20 Å². The maximum atomic E-state index is 4.56. The van der Waals surface area contributed by atoms with Crippen LogP contribution in [0.5, 0.6) is 0 Å². The highest BCUT2D eigenvalue weighted by molar-refractivity contribution is 14.0. The second-order valence-electron chi connectivity index (χ2n) is 4.29. The SMILES string of the molecule is CCNC(=NCCc1ncc(C)s1)NC1CC1.I. The Balaban J connectivity index is 0.00000162. The Bertz CT molecular complexity index is 387. The van der Waals surface area contributed by atoms with Gasteiger partial charge in [-0.05, 0) is 26.7 Å². The highest BCUT2D eigenvalue weighted by Crippen LogP contribution is 2.18. The minimum absolute atomic E-state index is 0. The molecule has 2 rings (SSSR count). The van der Waals surface area contributed by atoms with Crippen LogP contribution in [0.1, 0.15) is 29.7 Å². The van der Waals surface area contributed by atoms with Gasteiger partial charge in [-0.3, -0.25) is 4.99 Å². The highest BCUT2D eigenvalue weighted by Gasteiger charge is 2.21. The number of guanidine groups is 1. The summed E-state index contributed by atoms with van der Waals surface area (Å²) in [6, 6.07) is 0.648. The first-order valence-electron chi connectivity index (χ1n) is 6.24. The van der Waals surface area contributed by atoms with Gasteiger partial charge in [0.2, 0.25) is 0 Å². The lowest BCUT2D eigenvalue weighted by Gasteiger charge is -2.09. The number of aryl methyl sites for hydroxylation is 1. The van der Waals surface area contributed by atoms with Gasteiger partial charge in [0.25, 0.3) is 0 Å². The molecule has 1 aromatic rings. The van der Waals surface area contributed by atoms with Crippen LogP contribution in [0.15, 0.2) is 11.2 Å². The zero-order valence-electron chi connectivity index (χ0n) is 10.9. The van der Waals surface area contributed by atoms with E-state index in [-0.39, 0.29) is 24.0 Å². The fourth-order valence-electron chi connectivity index (χ4n) is 1.52. The van der Waals surface area contributed by atoms with E-state index in [2.05, 4.69) is 34.5 Å². The van der Waals surface area contributed by atoms with Crippen molar-refractivity contribution in [1.29, 1.82) is 0 Å². The Morgan fingerprint density at radius 3 is 2.89 bits per heavy atom. The first-order valence-corrected chi connectivity index (χ1v) is 7.05. The number of rotatable bonds is 5. The molecule has 18 heavy (non-hydrogen) atoms. The number of nitrogens with one attached hydrogen (secondary N) is 2. The predicted molar refractivity (Wildman–Crippen MR) is 88.1 cm³/mol. The molecule has 1 aromatic heterocycles. The van der Waals surface area contributed by atoms with Crippen LogP contribution in [0.25, 0.3) is 0 Å². The maximum Gasteiger partial charge on any atom is 0.191 e. The van der Waals surface area contributed by atoms with E-state index in [9.17, 15) is 0 Å². The van der Waals surface area contributed by atoms with Gasteiger partial charge in [0.15, 0.2) is 5.96 Å². The fourth-order valence-corrected chi connectivity index (χ4v) is 2.30. The van der Waals surface area contributed by atoms with Crippen molar-refractivity contribution < 1.29 is 0 Å². The first-order chi connectivity index (χ1) is 8.28. The van der Waals surface area contributed by atoms with E-state index in [0.29, 0.717) is 6.04 Å². The summed E-state index contributed by atoms with van der Waals surface area (Å²) in [4.78, 5) is 10.2. The standard InChI is InChI=1S/C12H20N4S.HI/c1-3-13-12(16-10-4-5-10)14-7-6-11-15-8-9(2)17-11;/h8,10H,3-7H2,1-2H3,(H2,13,14,16);1H. The molecule has 1 saturated carbocycles. The maximum absolute atomic E-state index is 4.56. The van der Waals surface area contributed by atoms with Gasteiger partial charge in [0.1, 0.15) is 0 Å². The largest absolute Gasteiger partial charge is 0.357 e. The third kappa shape index (κ3) is 5.51. The van der Waals surface area contributed by atoms with Crippen LogP contribution in [0.3, 0.4) is 0 Å². The second-order valence-corrected chi connectivity index (χ2v) is 5.61. The Kier molecular flexibility index (Phi) is 6.91. The fraction of sp³-hybridized carbons (Fsp3) is 0.667. The number of halogens is 1. The van der Waals surface area contributed by atoms with Crippen molar-refractivity contribution in [3.8, 4) is 0 Å². The van der Waals surface area contributed by atoms with Crippen LogP contribution in [0, 0.1) is 6.92 Å². The summed E-state index contributed by atoms with van der Waals surface area (Å²) >= 11 is 1.76. The van der Waals surface area contributed by atoms with Gasteiger partial charge in [-0.15, -0.1) is 35.3 Å². The van der Waals surface area contributed by atoms with Crippen molar-refractivity contribution in [3.63, 3.8) is 0 Å². The number of hydrogen-bond acceptors (Lipinski definition) is 3. The highest BCUT2D eigenvalue weighted by atomic mass is 127. The molecule has 0 atom stereocenters. The molecule has 0 bridgehead atoms. The molecule has 0 aliphatic heterocycles. The molecule has 2 N–H and O–H groups in total. The summed E-state index contributed by atoms with van der Waals surface area (Å²) in [5.41, 5.74) is 0. The molecule has 0 saturated heterocycles. The number of aliphatic imine (C=N–C) groups is 1. The summed E-state index contributed by atoms with van der Waals surface area (Å²) < 4.78 is 0. The molecule has 1 aliphatic carbocycles. The summed E-state index contributed by atoms with van der Waals surface area (Å²) in [6.07, 6.45) is 5.41. The lowest BCUT2D eigenvalue weighted by Crippen LogP contribution is -2.38. The van der Waals surface area contributed by atoms with E-state index >= 15 is 0 Å². The monoisotopic (exact) mass is 380 g/mol. The number of nitrogens with zero attached hydrogens (tertiary/aromatic N) is 2. The molecule has 102 valence electrons. The van der Waals surface area contributed by atoms with Crippen molar-refractivity contribution in [2.45, 2.75) is 39.2 Å². The molecule has 0 unspecified atom stereocenters. The molecule has 1 aliphatic rings. The van der Waals surface area contributed by atoms with Crippen LogP contribution >= 0.6 is 35.3 Å². The third-order valence-corrected chi connectivity index (χ3v) is 3.50. The lowest BCUT2D eigenvalue weighted by molar-refractivity contribution is 0.807. The Labute approximate surface area is 130 Å². The van der Waals surface area contributed by atoms with Crippen molar-refractivity contribution in [1.82, 2.24) is 15.6 Å². The Morgan fingerprint density at radius 1 is 1.56 bits per heavy atom. The number of hydrogen-bond donors (Lipinski definition) is 2. The second kappa shape index (κ2) is 7.93. The minimum atomic E-state index is 0. The molecule has 1 fully saturated rings. The molecular formula is C12H21IN4S. The number of aromatic nitrogens is 1. The van der Waals surface area contributed by atoms with Gasteiger partial charge in [0.05, 0.1) is 5.01 Å². The summed E-state index contributed by atoms with van der Waals surface area (Å²) in [5.74, 6) is 0.947. The topological polar surface area (TPSA) is 49.3 Å². The van der Waals surface area contributed by atoms with Crippen LogP contribution in [-0.4, -0.2) is 30.1 Å². The lowest BCUT2D eigenvalue weighted by atomic mass is 10.4. The Hall–Kier alpha value is -0.370. The molecule has 4 nitrogen and oxygen atoms in total. The molecule has 6 heteroatoms. The summed E-state index contributed by atoms with van der Waals surface area (Å²) in [6.45, 7) is 5.89. The van der Waals surface area contributed by atoms with E-state index in [1.165, 1.54) is 22.7 Å². The van der Waals surface area contributed by atoms with Crippen LogP contribution in [-0.2, 0) is 6.42 Å². The van der Waals surface area contributed by atoms with Crippen molar-refractivity contribution >= 4 is 41.3 Å². The Morgan fingerprint density at radius 2 is 2.33 bits per heavy atom. The van der Waals surface area contributed by atoms with Gasteiger partial charge in [-0.25, -0.2) is 4.98 Å². The minimum Gasteiger partial charge on any atom is -0.357 e. The van der Waals surface area contributed by atoms with Gasteiger partial charge < -0.3 is 10.6 Å². The zero-order valence-corrected chi connectivity index (χ0v) is 14.0. The third-order valence-electron chi connectivity index (χ3n) is 2.53. The zero-order chi connectivity index (χ0) is 12.1. The first kappa shape index (κ1) is 15.7. The van der Waals surface area contributed by atoms with Crippen molar-refractivity contribution in [2.75, 3.05) is 13.1 Å². The number of thiazole rings is 1. The molecule has 0 aromatic carbocycles. The van der Waals surface area contributed by atoms with Crippen LogP contribution in [0.2, 0.25) is 0 Å². The predicted octanol–water partition coefficient (Wildman–Crippen LogP) is 2.33. The molecule has 0 amide bonds. The van der Waals surface area contributed by atoms with Crippen LogP contribution < -0.4 is 10.6 Å².